The van der Waals surface area contributed by atoms with Crippen molar-refractivity contribution in [3.8, 4) is 0 Å². The largest absolute Gasteiger partial charge is 0.0922 e. The molecule has 3 aromatic carbocycles. The highest BCUT2D eigenvalue weighted by Crippen LogP contribution is 2.62. The number of halogens is 1. The topological polar surface area (TPSA) is 0 Å². The molecule has 0 saturated carbocycles. The van der Waals surface area contributed by atoms with E-state index in [1.807, 2.05) is 12.1 Å². The predicted octanol–water partition coefficient (Wildman–Crippen LogP) is 5.82. The van der Waals surface area contributed by atoms with Crippen molar-refractivity contribution in [3.05, 3.63) is 102 Å². The Balaban J connectivity index is 1.92. The van der Waals surface area contributed by atoms with E-state index >= 15 is 0 Å². The van der Waals surface area contributed by atoms with Crippen molar-refractivity contribution in [1.82, 2.24) is 0 Å². The third kappa shape index (κ3) is 3.99. The van der Waals surface area contributed by atoms with Gasteiger partial charge in [-0.05, 0) is 35.0 Å². The maximum Gasteiger partial charge on any atom is 0.0364 e. The lowest BCUT2D eigenvalue weighted by molar-refractivity contribution is 1.12. The van der Waals surface area contributed by atoms with Crippen molar-refractivity contribution in [2.24, 2.45) is 0 Å². The lowest BCUT2D eigenvalue weighted by Crippen LogP contribution is -2.33. The molecule has 2 atom stereocenters. The molecular formula is C24H23ClP2S2. The standard InChI is InChI=1S/C24H23ClP2S2/c1-19-17-26(28,20-11-5-2-6-12-20)18-23(24(19)25)27(29,21-13-7-3-8-14-21)22-15-9-4-10-16-22/h2-16,23H,17-18H2,1H3. The molecule has 0 radical (unpaired) electrons. The normalized spacial score (nSPS) is 22.5. The number of allylic oxidation sites excluding steroid dienone is 2. The summed E-state index contributed by atoms with van der Waals surface area (Å²) in [5.41, 5.74) is 1.31. The van der Waals surface area contributed by atoms with Crippen LogP contribution in [0.15, 0.2) is 102 Å². The van der Waals surface area contributed by atoms with Gasteiger partial charge in [0.25, 0.3) is 0 Å². The summed E-state index contributed by atoms with van der Waals surface area (Å²) >= 11 is 20.0. The van der Waals surface area contributed by atoms with Crippen molar-refractivity contribution in [2.45, 2.75) is 12.6 Å². The molecule has 29 heavy (non-hydrogen) atoms. The van der Waals surface area contributed by atoms with E-state index in [9.17, 15) is 0 Å². The maximum atomic E-state index is 7.04. The van der Waals surface area contributed by atoms with Gasteiger partial charge in [0.1, 0.15) is 0 Å². The van der Waals surface area contributed by atoms with Gasteiger partial charge in [-0.1, -0.05) is 132 Å². The van der Waals surface area contributed by atoms with Crippen LogP contribution < -0.4 is 15.9 Å². The number of hydrogen-bond acceptors (Lipinski definition) is 2. The van der Waals surface area contributed by atoms with E-state index < -0.39 is 12.1 Å². The minimum Gasteiger partial charge on any atom is -0.0922 e. The van der Waals surface area contributed by atoms with Gasteiger partial charge >= 0.3 is 0 Å². The molecule has 5 heteroatoms. The molecule has 0 saturated heterocycles. The lowest BCUT2D eigenvalue weighted by Gasteiger charge is -2.40. The van der Waals surface area contributed by atoms with Crippen LogP contribution >= 0.6 is 23.7 Å². The second-order valence-corrected chi connectivity index (χ2v) is 17.7. The summed E-state index contributed by atoms with van der Waals surface area (Å²) in [6, 6.07) is 27.8. The zero-order chi connectivity index (χ0) is 20.5. The van der Waals surface area contributed by atoms with Crippen LogP contribution in [0.4, 0.5) is 0 Å². The number of hydrogen-bond donors (Lipinski definition) is 0. The smallest absolute Gasteiger partial charge is 0.0364 e. The van der Waals surface area contributed by atoms with E-state index in [0.29, 0.717) is 0 Å². The van der Waals surface area contributed by atoms with Crippen molar-refractivity contribution in [2.75, 3.05) is 12.3 Å². The zero-order valence-corrected chi connectivity index (χ0v) is 20.4. The van der Waals surface area contributed by atoms with Gasteiger partial charge in [0.2, 0.25) is 0 Å². The molecule has 1 aliphatic rings. The highest BCUT2D eigenvalue weighted by molar-refractivity contribution is 8.23. The molecule has 0 N–H and O–H groups in total. The third-order valence-electron chi connectivity index (χ3n) is 5.61. The fourth-order valence-electron chi connectivity index (χ4n) is 4.15. The Kier molecular flexibility index (Phi) is 6.31. The SMILES string of the molecule is CC1=C(Cl)C(P(=S)(c2ccccc2)c2ccccc2)CP(=S)(c2ccccc2)C1. The Hall–Kier alpha value is -1.01. The van der Waals surface area contributed by atoms with Crippen LogP contribution in [0.1, 0.15) is 6.92 Å². The van der Waals surface area contributed by atoms with Crippen molar-refractivity contribution < 1.29 is 0 Å². The molecule has 1 aliphatic heterocycles. The Labute approximate surface area is 189 Å². The van der Waals surface area contributed by atoms with Crippen molar-refractivity contribution in [3.63, 3.8) is 0 Å². The molecule has 148 valence electrons. The summed E-state index contributed by atoms with van der Waals surface area (Å²) in [6.45, 7) is 2.15. The Morgan fingerprint density at radius 2 is 1.28 bits per heavy atom. The first-order chi connectivity index (χ1) is 13.9. The molecule has 0 aromatic heterocycles. The van der Waals surface area contributed by atoms with Gasteiger partial charge < -0.3 is 0 Å². The van der Waals surface area contributed by atoms with E-state index in [-0.39, 0.29) is 5.66 Å². The maximum absolute atomic E-state index is 7.04. The first-order valence-corrected chi connectivity index (χ1v) is 16.1. The Morgan fingerprint density at radius 1 is 0.828 bits per heavy atom. The van der Waals surface area contributed by atoms with Crippen molar-refractivity contribution in [1.29, 1.82) is 0 Å². The second-order valence-electron chi connectivity index (χ2n) is 7.54. The van der Waals surface area contributed by atoms with Gasteiger partial charge in [0, 0.05) is 22.9 Å². The van der Waals surface area contributed by atoms with E-state index in [1.165, 1.54) is 21.5 Å². The van der Waals surface area contributed by atoms with E-state index in [2.05, 4.69) is 85.8 Å². The van der Waals surface area contributed by atoms with Gasteiger partial charge in [-0.2, -0.15) is 0 Å². The summed E-state index contributed by atoms with van der Waals surface area (Å²) in [5, 5.41) is 4.67. The van der Waals surface area contributed by atoms with Gasteiger partial charge in [-0.25, -0.2) is 0 Å². The molecule has 3 aromatic rings. The fraction of sp³-hybridized carbons (Fsp3) is 0.167. The average molecular weight is 473 g/mol. The molecular weight excluding hydrogens is 450 g/mol. The summed E-state index contributed by atoms with van der Waals surface area (Å²) in [5.74, 6) is 0. The molecule has 4 rings (SSSR count). The predicted molar refractivity (Wildman–Crippen MR) is 139 cm³/mol. The van der Waals surface area contributed by atoms with Gasteiger partial charge in [-0.15, -0.1) is 0 Å². The van der Waals surface area contributed by atoms with E-state index in [0.717, 1.165) is 17.4 Å². The van der Waals surface area contributed by atoms with Crippen LogP contribution in [0, 0.1) is 0 Å². The van der Waals surface area contributed by atoms with Crippen LogP contribution in [0.2, 0.25) is 0 Å². The van der Waals surface area contributed by atoms with E-state index in [1.54, 1.807) is 0 Å². The van der Waals surface area contributed by atoms with Crippen LogP contribution in [-0.2, 0) is 23.6 Å². The van der Waals surface area contributed by atoms with Crippen LogP contribution in [0.5, 0.6) is 0 Å². The summed E-state index contributed by atoms with van der Waals surface area (Å²) in [4.78, 5) is 0. The molecule has 1 heterocycles. The summed E-state index contributed by atoms with van der Waals surface area (Å²) in [7, 11) is 0. The van der Waals surface area contributed by atoms with Gasteiger partial charge in [0.05, 0.1) is 0 Å². The average Bonchev–Trinajstić information content (AvgIpc) is 2.77. The van der Waals surface area contributed by atoms with E-state index in [4.69, 9.17) is 35.2 Å². The Morgan fingerprint density at radius 3 is 1.76 bits per heavy atom. The molecule has 0 spiro atoms. The summed E-state index contributed by atoms with van der Waals surface area (Å²) < 4.78 is 0. The number of rotatable bonds is 4. The lowest BCUT2D eigenvalue weighted by atomic mass is 10.2. The molecule has 2 unspecified atom stereocenters. The molecule has 0 amide bonds. The van der Waals surface area contributed by atoms with Crippen LogP contribution in [-0.4, -0.2) is 18.0 Å². The van der Waals surface area contributed by atoms with Gasteiger partial charge in [-0.3, -0.25) is 0 Å². The summed E-state index contributed by atoms with van der Waals surface area (Å²) in [6.07, 6.45) is 1.80. The highest BCUT2D eigenvalue weighted by atomic mass is 35.5. The zero-order valence-electron chi connectivity index (χ0n) is 16.2. The molecule has 0 fully saturated rings. The highest BCUT2D eigenvalue weighted by Gasteiger charge is 2.41. The van der Waals surface area contributed by atoms with Crippen molar-refractivity contribution >= 4 is 63.2 Å². The second kappa shape index (κ2) is 8.62. The quantitative estimate of drug-likeness (QED) is 0.439. The number of benzene rings is 3. The first kappa shape index (κ1) is 21.2. The first-order valence-electron chi connectivity index (χ1n) is 9.65. The van der Waals surface area contributed by atoms with Crippen LogP contribution in [0.3, 0.4) is 0 Å². The minimum atomic E-state index is -2.19. The minimum absolute atomic E-state index is 0.0868. The molecule has 0 aliphatic carbocycles. The van der Waals surface area contributed by atoms with Gasteiger partial charge in [0.15, 0.2) is 0 Å². The Bertz CT molecular complexity index is 1080. The van der Waals surface area contributed by atoms with Crippen LogP contribution in [0.25, 0.3) is 0 Å². The third-order valence-corrected chi connectivity index (χ3v) is 16.8. The molecule has 0 nitrogen and oxygen atoms in total. The molecule has 0 bridgehead atoms. The fourth-order valence-corrected chi connectivity index (χ4v) is 15.9. The monoisotopic (exact) mass is 472 g/mol.